The molecule has 5 heteroatoms. The second-order valence-corrected chi connectivity index (χ2v) is 5.70. The number of nitrogens with two attached hydrogens (primary N) is 1. The van der Waals surface area contributed by atoms with Crippen molar-refractivity contribution < 1.29 is 9.21 Å². The normalized spacial score (nSPS) is 12.4. The first kappa shape index (κ1) is 12.7. The van der Waals surface area contributed by atoms with Gasteiger partial charge in [-0.2, -0.15) is 0 Å². The number of hydrogen-bond donors (Lipinski definition) is 2. The van der Waals surface area contributed by atoms with Gasteiger partial charge < -0.3 is 15.5 Å². The number of nitrogen functional groups attached to an aromatic ring is 1. The molecular formula is C15H14N2O2S. The number of carbonyl (C=O) groups is 1. The Bertz CT molecular complexity index is 746. The summed E-state index contributed by atoms with van der Waals surface area (Å²) < 4.78 is 6.33. The highest BCUT2D eigenvalue weighted by atomic mass is 32.1. The van der Waals surface area contributed by atoms with Crippen LogP contribution in [-0.2, 0) is 0 Å². The summed E-state index contributed by atoms with van der Waals surface area (Å²) in [6, 6.07) is 11.0. The first-order valence-corrected chi connectivity index (χ1v) is 7.08. The Kier molecular flexibility index (Phi) is 3.20. The van der Waals surface area contributed by atoms with Crippen LogP contribution in [0.2, 0.25) is 0 Å². The van der Waals surface area contributed by atoms with Crippen molar-refractivity contribution in [2.45, 2.75) is 13.0 Å². The van der Waals surface area contributed by atoms with Crippen LogP contribution < -0.4 is 11.1 Å². The number of amides is 1. The Hall–Kier alpha value is -2.27. The molecule has 4 nitrogen and oxygen atoms in total. The second kappa shape index (κ2) is 5.02. The van der Waals surface area contributed by atoms with Crippen LogP contribution in [0, 0.1) is 0 Å². The van der Waals surface area contributed by atoms with E-state index in [1.165, 1.54) is 11.3 Å². The summed E-state index contributed by atoms with van der Waals surface area (Å²) in [4.78, 5) is 12.9. The average molecular weight is 286 g/mol. The number of hydrogen-bond acceptors (Lipinski definition) is 4. The van der Waals surface area contributed by atoms with Crippen LogP contribution in [0.15, 0.2) is 47.1 Å². The molecule has 0 spiro atoms. The average Bonchev–Trinajstić information content (AvgIpc) is 3.07. The molecule has 3 rings (SSSR count). The van der Waals surface area contributed by atoms with Crippen LogP contribution in [0.4, 0.5) is 5.69 Å². The zero-order valence-corrected chi connectivity index (χ0v) is 11.7. The molecule has 0 saturated heterocycles. The molecule has 0 saturated carbocycles. The van der Waals surface area contributed by atoms with E-state index in [1.54, 1.807) is 12.3 Å². The van der Waals surface area contributed by atoms with E-state index in [9.17, 15) is 4.79 Å². The van der Waals surface area contributed by atoms with Crippen molar-refractivity contribution in [2.75, 3.05) is 5.73 Å². The lowest BCUT2D eigenvalue weighted by Crippen LogP contribution is -2.25. The van der Waals surface area contributed by atoms with Gasteiger partial charge in [0.25, 0.3) is 5.91 Å². The van der Waals surface area contributed by atoms with E-state index in [1.807, 2.05) is 37.3 Å². The second-order valence-electron chi connectivity index (χ2n) is 4.62. The number of furan rings is 1. The van der Waals surface area contributed by atoms with Crippen LogP contribution in [0.3, 0.4) is 0 Å². The molecule has 102 valence electrons. The minimum absolute atomic E-state index is 0.103. The molecule has 0 radical (unpaired) electrons. The van der Waals surface area contributed by atoms with Gasteiger partial charge >= 0.3 is 0 Å². The van der Waals surface area contributed by atoms with Gasteiger partial charge in [-0.1, -0.05) is 0 Å². The highest BCUT2D eigenvalue weighted by molar-refractivity contribution is 7.20. The van der Waals surface area contributed by atoms with E-state index < -0.39 is 0 Å². The van der Waals surface area contributed by atoms with Gasteiger partial charge in [0, 0.05) is 10.4 Å². The molecule has 1 aromatic carbocycles. The van der Waals surface area contributed by atoms with E-state index in [4.69, 9.17) is 10.2 Å². The smallest absolute Gasteiger partial charge is 0.261 e. The lowest BCUT2D eigenvalue weighted by molar-refractivity contribution is 0.0939. The number of benzene rings is 1. The van der Waals surface area contributed by atoms with Gasteiger partial charge in [0.2, 0.25) is 0 Å². The summed E-state index contributed by atoms with van der Waals surface area (Å²) in [6.07, 6.45) is 1.60. The number of nitrogens with one attached hydrogen (secondary N) is 1. The summed E-state index contributed by atoms with van der Waals surface area (Å²) >= 11 is 1.46. The maximum atomic E-state index is 12.2. The molecule has 0 aliphatic heterocycles. The number of thiophene rings is 1. The molecule has 0 aliphatic carbocycles. The van der Waals surface area contributed by atoms with Gasteiger partial charge in [0.1, 0.15) is 5.76 Å². The molecule has 1 atom stereocenters. The third kappa shape index (κ3) is 2.40. The van der Waals surface area contributed by atoms with Crippen molar-refractivity contribution in [3.63, 3.8) is 0 Å². The van der Waals surface area contributed by atoms with Crippen molar-refractivity contribution in [2.24, 2.45) is 0 Å². The van der Waals surface area contributed by atoms with E-state index >= 15 is 0 Å². The third-order valence-electron chi connectivity index (χ3n) is 3.08. The Morgan fingerprint density at radius 2 is 2.20 bits per heavy atom. The Labute approximate surface area is 120 Å². The fourth-order valence-corrected chi connectivity index (χ4v) is 3.00. The lowest BCUT2D eigenvalue weighted by atomic mass is 10.2. The molecule has 20 heavy (non-hydrogen) atoms. The first-order chi connectivity index (χ1) is 9.63. The molecule has 2 aromatic heterocycles. The fraction of sp³-hybridized carbons (Fsp3) is 0.133. The summed E-state index contributed by atoms with van der Waals surface area (Å²) in [7, 11) is 0. The van der Waals surface area contributed by atoms with Crippen LogP contribution in [0.5, 0.6) is 0 Å². The Morgan fingerprint density at radius 3 is 2.95 bits per heavy atom. The predicted molar refractivity (Wildman–Crippen MR) is 80.8 cm³/mol. The maximum absolute atomic E-state index is 12.2. The van der Waals surface area contributed by atoms with Crippen molar-refractivity contribution in [1.82, 2.24) is 5.32 Å². The summed E-state index contributed by atoms with van der Waals surface area (Å²) in [5, 5.41) is 3.91. The predicted octanol–water partition coefficient (Wildman–Crippen LogP) is 3.57. The molecule has 2 heterocycles. The molecule has 0 aliphatic rings. The zero-order valence-electron chi connectivity index (χ0n) is 10.9. The Morgan fingerprint density at radius 1 is 1.35 bits per heavy atom. The molecule has 0 bridgehead atoms. The standard InChI is InChI=1S/C15H14N2O2S/c1-9(12-3-2-6-19-12)17-15(18)14-8-10-7-11(16)4-5-13(10)20-14/h2-9H,16H2,1H3,(H,17,18). The van der Waals surface area contributed by atoms with Crippen LogP contribution in [0.1, 0.15) is 28.4 Å². The van der Waals surface area contributed by atoms with Crippen molar-refractivity contribution in [1.29, 1.82) is 0 Å². The number of fused-ring (bicyclic) bond motifs is 1. The molecule has 0 fully saturated rings. The first-order valence-electron chi connectivity index (χ1n) is 6.27. The van der Waals surface area contributed by atoms with Gasteiger partial charge in [-0.25, -0.2) is 0 Å². The molecular weight excluding hydrogens is 272 g/mol. The van der Waals surface area contributed by atoms with Gasteiger partial charge in [-0.15, -0.1) is 11.3 Å². The summed E-state index contributed by atoms with van der Waals surface area (Å²) in [5.41, 5.74) is 6.45. The van der Waals surface area contributed by atoms with Gasteiger partial charge in [0.15, 0.2) is 0 Å². The van der Waals surface area contributed by atoms with E-state index in [0.717, 1.165) is 15.8 Å². The highest BCUT2D eigenvalue weighted by Gasteiger charge is 2.15. The summed E-state index contributed by atoms with van der Waals surface area (Å²) in [5.74, 6) is 0.636. The minimum Gasteiger partial charge on any atom is -0.467 e. The van der Waals surface area contributed by atoms with Crippen LogP contribution in [0.25, 0.3) is 10.1 Å². The van der Waals surface area contributed by atoms with Gasteiger partial charge in [-0.3, -0.25) is 4.79 Å². The molecule has 3 aromatic rings. The van der Waals surface area contributed by atoms with Crippen molar-refractivity contribution in [3.8, 4) is 0 Å². The minimum atomic E-state index is -0.159. The summed E-state index contributed by atoms with van der Waals surface area (Å²) in [6.45, 7) is 1.89. The highest BCUT2D eigenvalue weighted by Crippen LogP contribution is 2.27. The number of carbonyl (C=O) groups excluding carboxylic acids is 1. The Balaban J connectivity index is 1.82. The van der Waals surface area contributed by atoms with Crippen LogP contribution in [-0.4, -0.2) is 5.91 Å². The zero-order chi connectivity index (χ0) is 14.1. The lowest BCUT2D eigenvalue weighted by Gasteiger charge is -2.09. The van der Waals surface area contributed by atoms with Gasteiger partial charge in [0.05, 0.1) is 17.2 Å². The third-order valence-corrected chi connectivity index (χ3v) is 4.20. The SMILES string of the molecule is CC(NC(=O)c1cc2cc(N)ccc2s1)c1ccco1. The fourth-order valence-electron chi connectivity index (χ4n) is 2.05. The van der Waals surface area contributed by atoms with E-state index in [-0.39, 0.29) is 11.9 Å². The monoisotopic (exact) mass is 286 g/mol. The number of rotatable bonds is 3. The van der Waals surface area contributed by atoms with Crippen molar-refractivity contribution in [3.05, 3.63) is 53.3 Å². The quantitative estimate of drug-likeness (QED) is 0.723. The number of anilines is 1. The largest absolute Gasteiger partial charge is 0.467 e. The molecule has 1 unspecified atom stereocenters. The maximum Gasteiger partial charge on any atom is 0.261 e. The van der Waals surface area contributed by atoms with Crippen molar-refractivity contribution >= 4 is 33.0 Å². The topological polar surface area (TPSA) is 68.3 Å². The van der Waals surface area contributed by atoms with Gasteiger partial charge in [-0.05, 0) is 48.7 Å². The van der Waals surface area contributed by atoms with E-state index in [2.05, 4.69) is 5.32 Å². The van der Waals surface area contributed by atoms with E-state index in [0.29, 0.717) is 10.6 Å². The molecule has 1 amide bonds. The van der Waals surface area contributed by atoms with Crippen LogP contribution >= 0.6 is 11.3 Å². The molecule has 3 N–H and O–H groups in total.